The van der Waals surface area contributed by atoms with Crippen LogP contribution in [0.5, 0.6) is 5.75 Å². The summed E-state index contributed by atoms with van der Waals surface area (Å²) in [7, 11) is 0. The second kappa shape index (κ2) is 6.50. The van der Waals surface area contributed by atoms with E-state index in [-0.39, 0.29) is 18.6 Å². The number of amides is 1. The Morgan fingerprint density at radius 1 is 1.35 bits per heavy atom. The van der Waals surface area contributed by atoms with Crippen LogP contribution in [0.15, 0.2) is 24.3 Å². The van der Waals surface area contributed by atoms with Gasteiger partial charge in [-0.1, -0.05) is 37.6 Å². The number of ether oxygens (including phenoxy) is 1. The highest BCUT2D eigenvalue weighted by atomic mass is 35.5. The van der Waals surface area contributed by atoms with Crippen LogP contribution in [0, 0.1) is 5.92 Å². The molecule has 1 unspecified atom stereocenters. The fourth-order valence-electron chi connectivity index (χ4n) is 1.17. The van der Waals surface area contributed by atoms with Crippen LogP contribution in [-0.4, -0.2) is 18.6 Å². The molecule has 0 saturated heterocycles. The lowest BCUT2D eigenvalue weighted by molar-refractivity contribution is -0.123. The van der Waals surface area contributed by atoms with Crippen LogP contribution in [0.2, 0.25) is 5.02 Å². The number of hydrogen-bond acceptors (Lipinski definition) is 2. The third kappa shape index (κ3) is 4.65. The maximum absolute atomic E-state index is 11.6. The summed E-state index contributed by atoms with van der Waals surface area (Å²) >= 11 is 5.91. The van der Waals surface area contributed by atoms with Crippen molar-refractivity contribution in [2.75, 3.05) is 6.61 Å². The SMILES string of the molecule is CC(C)C(C)NC(=O)COc1ccccc1Cl. The predicted octanol–water partition coefficient (Wildman–Crippen LogP) is 2.88. The first-order valence-corrected chi connectivity index (χ1v) is 6.05. The maximum atomic E-state index is 11.6. The molecule has 0 heterocycles. The third-order valence-electron chi connectivity index (χ3n) is 2.58. The Hall–Kier alpha value is -1.22. The fraction of sp³-hybridized carbons (Fsp3) is 0.462. The standard InChI is InChI=1S/C13H18ClNO2/c1-9(2)10(3)15-13(16)8-17-12-7-5-4-6-11(12)14/h4-7,9-10H,8H2,1-3H3,(H,15,16). The molecule has 0 aliphatic carbocycles. The zero-order valence-electron chi connectivity index (χ0n) is 10.4. The zero-order chi connectivity index (χ0) is 12.8. The molecule has 94 valence electrons. The van der Waals surface area contributed by atoms with Crippen molar-refractivity contribution in [2.24, 2.45) is 5.92 Å². The average Bonchev–Trinajstić information content (AvgIpc) is 2.27. The third-order valence-corrected chi connectivity index (χ3v) is 2.90. The molecule has 17 heavy (non-hydrogen) atoms. The Morgan fingerprint density at radius 2 is 2.00 bits per heavy atom. The van der Waals surface area contributed by atoms with Crippen LogP contribution in [-0.2, 0) is 4.79 Å². The van der Waals surface area contributed by atoms with Gasteiger partial charge in [0, 0.05) is 6.04 Å². The summed E-state index contributed by atoms with van der Waals surface area (Å²) in [6.45, 7) is 6.07. The summed E-state index contributed by atoms with van der Waals surface area (Å²) in [4.78, 5) is 11.6. The van der Waals surface area contributed by atoms with Crippen molar-refractivity contribution in [1.82, 2.24) is 5.32 Å². The summed E-state index contributed by atoms with van der Waals surface area (Å²) in [5.41, 5.74) is 0. The van der Waals surface area contributed by atoms with Gasteiger partial charge in [-0.15, -0.1) is 0 Å². The fourth-order valence-corrected chi connectivity index (χ4v) is 1.36. The Balaban J connectivity index is 2.41. The number of rotatable bonds is 5. The van der Waals surface area contributed by atoms with E-state index in [4.69, 9.17) is 16.3 Å². The Labute approximate surface area is 107 Å². The van der Waals surface area contributed by atoms with Crippen molar-refractivity contribution < 1.29 is 9.53 Å². The van der Waals surface area contributed by atoms with Crippen LogP contribution in [0.25, 0.3) is 0 Å². The van der Waals surface area contributed by atoms with E-state index in [1.165, 1.54) is 0 Å². The summed E-state index contributed by atoms with van der Waals surface area (Å²) in [5.74, 6) is 0.798. The van der Waals surface area contributed by atoms with Gasteiger partial charge in [0.15, 0.2) is 6.61 Å². The number of nitrogens with one attached hydrogen (secondary N) is 1. The Morgan fingerprint density at radius 3 is 2.59 bits per heavy atom. The molecule has 3 nitrogen and oxygen atoms in total. The topological polar surface area (TPSA) is 38.3 Å². The van der Waals surface area contributed by atoms with E-state index in [9.17, 15) is 4.79 Å². The van der Waals surface area contributed by atoms with E-state index >= 15 is 0 Å². The summed E-state index contributed by atoms with van der Waals surface area (Å²) < 4.78 is 5.34. The molecular formula is C13H18ClNO2. The number of hydrogen-bond donors (Lipinski definition) is 1. The smallest absolute Gasteiger partial charge is 0.258 e. The average molecular weight is 256 g/mol. The minimum absolute atomic E-state index is 0.0131. The van der Waals surface area contributed by atoms with Crippen molar-refractivity contribution in [2.45, 2.75) is 26.8 Å². The van der Waals surface area contributed by atoms with Crippen LogP contribution in [0.1, 0.15) is 20.8 Å². The van der Waals surface area contributed by atoms with Gasteiger partial charge in [-0.2, -0.15) is 0 Å². The number of halogens is 1. The first-order chi connectivity index (χ1) is 8.00. The lowest BCUT2D eigenvalue weighted by Crippen LogP contribution is -2.38. The van der Waals surface area contributed by atoms with E-state index in [0.29, 0.717) is 16.7 Å². The molecule has 1 N–H and O–H groups in total. The predicted molar refractivity (Wildman–Crippen MR) is 69.4 cm³/mol. The van der Waals surface area contributed by atoms with E-state index in [2.05, 4.69) is 19.2 Å². The van der Waals surface area contributed by atoms with Gasteiger partial charge in [0.25, 0.3) is 5.91 Å². The van der Waals surface area contributed by atoms with Gasteiger partial charge >= 0.3 is 0 Å². The highest BCUT2D eigenvalue weighted by Gasteiger charge is 2.11. The molecule has 1 amide bonds. The molecule has 0 radical (unpaired) electrons. The van der Waals surface area contributed by atoms with Gasteiger partial charge in [0.1, 0.15) is 5.75 Å². The first-order valence-electron chi connectivity index (χ1n) is 5.67. The van der Waals surface area contributed by atoms with Crippen LogP contribution < -0.4 is 10.1 Å². The summed E-state index contributed by atoms with van der Waals surface area (Å²) in [6, 6.07) is 7.23. The number of para-hydroxylation sites is 1. The van der Waals surface area contributed by atoms with Crippen molar-refractivity contribution >= 4 is 17.5 Å². The van der Waals surface area contributed by atoms with Crippen molar-refractivity contribution in [3.05, 3.63) is 29.3 Å². The second-order valence-corrected chi connectivity index (χ2v) is 4.73. The first kappa shape index (κ1) is 13.8. The molecule has 4 heteroatoms. The molecule has 0 bridgehead atoms. The monoisotopic (exact) mass is 255 g/mol. The van der Waals surface area contributed by atoms with Crippen LogP contribution in [0.4, 0.5) is 0 Å². The molecule has 0 aromatic heterocycles. The molecule has 1 aromatic carbocycles. The van der Waals surface area contributed by atoms with Gasteiger partial charge in [0.2, 0.25) is 0 Å². The molecule has 0 aliphatic heterocycles. The second-order valence-electron chi connectivity index (χ2n) is 4.32. The molecule has 0 fully saturated rings. The van der Waals surface area contributed by atoms with Crippen molar-refractivity contribution in [3.63, 3.8) is 0 Å². The normalized spacial score (nSPS) is 12.3. The van der Waals surface area contributed by atoms with Gasteiger partial charge in [0.05, 0.1) is 5.02 Å². The Bertz CT molecular complexity index is 379. The highest BCUT2D eigenvalue weighted by Crippen LogP contribution is 2.22. The minimum atomic E-state index is -0.133. The molecular weight excluding hydrogens is 238 g/mol. The summed E-state index contributed by atoms with van der Waals surface area (Å²) in [6.07, 6.45) is 0. The zero-order valence-corrected chi connectivity index (χ0v) is 11.1. The Kier molecular flexibility index (Phi) is 5.29. The van der Waals surface area contributed by atoms with Gasteiger partial charge in [-0.05, 0) is 25.0 Å². The number of carbonyl (C=O) groups excluding carboxylic acids is 1. The molecule has 0 spiro atoms. The van der Waals surface area contributed by atoms with Crippen LogP contribution >= 0.6 is 11.6 Å². The quantitative estimate of drug-likeness (QED) is 0.879. The molecule has 0 saturated carbocycles. The molecule has 0 aliphatic rings. The minimum Gasteiger partial charge on any atom is -0.482 e. The van der Waals surface area contributed by atoms with E-state index in [0.717, 1.165) is 0 Å². The number of benzene rings is 1. The molecule has 1 atom stereocenters. The van der Waals surface area contributed by atoms with Gasteiger partial charge < -0.3 is 10.1 Å². The van der Waals surface area contributed by atoms with E-state index in [1.807, 2.05) is 19.1 Å². The van der Waals surface area contributed by atoms with E-state index < -0.39 is 0 Å². The highest BCUT2D eigenvalue weighted by molar-refractivity contribution is 6.32. The lowest BCUT2D eigenvalue weighted by Gasteiger charge is -2.17. The van der Waals surface area contributed by atoms with E-state index in [1.54, 1.807) is 12.1 Å². The largest absolute Gasteiger partial charge is 0.482 e. The number of carbonyl (C=O) groups is 1. The summed E-state index contributed by atoms with van der Waals surface area (Å²) in [5, 5.41) is 3.37. The van der Waals surface area contributed by atoms with Crippen LogP contribution in [0.3, 0.4) is 0 Å². The molecule has 1 rings (SSSR count). The van der Waals surface area contributed by atoms with Crippen molar-refractivity contribution in [1.29, 1.82) is 0 Å². The molecule has 1 aromatic rings. The van der Waals surface area contributed by atoms with Gasteiger partial charge in [-0.3, -0.25) is 4.79 Å². The maximum Gasteiger partial charge on any atom is 0.258 e. The lowest BCUT2D eigenvalue weighted by atomic mass is 10.1. The van der Waals surface area contributed by atoms with Crippen molar-refractivity contribution in [3.8, 4) is 5.75 Å². The van der Waals surface area contributed by atoms with Gasteiger partial charge in [-0.25, -0.2) is 0 Å².